The Morgan fingerprint density at radius 2 is 2.05 bits per heavy atom. The highest BCUT2D eigenvalue weighted by Gasteiger charge is 2.34. The van der Waals surface area contributed by atoms with Crippen LogP contribution in [0.25, 0.3) is 0 Å². The van der Waals surface area contributed by atoms with Crippen molar-refractivity contribution in [1.29, 1.82) is 0 Å². The molecule has 0 bridgehead atoms. The van der Waals surface area contributed by atoms with Gasteiger partial charge in [-0.3, -0.25) is 0 Å². The average Bonchev–Trinajstić information content (AvgIpc) is 2.91. The van der Waals surface area contributed by atoms with Crippen molar-refractivity contribution in [2.24, 2.45) is 5.92 Å². The predicted octanol–water partition coefficient (Wildman–Crippen LogP) is 4.20. The minimum atomic E-state index is -0.250. The summed E-state index contributed by atoms with van der Waals surface area (Å²) in [5.74, 6) is 0.366. The quantitative estimate of drug-likeness (QED) is 0.873. The van der Waals surface area contributed by atoms with Crippen molar-refractivity contribution in [3.63, 3.8) is 0 Å². The molecule has 20 heavy (non-hydrogen) atoms. The van der Waals surface area contributed by atoms with Crippen LogP contribution in [0.1, 0.15) is 38.5 Å². The van der Waals surface area contributed by atoms with E-state index in [1.807, 2.05) is 0 Å². The molecule has 2 nitrogen and oxygen atoms in total. The summed E-state index contributed by atoms with van der Waals surface area (Å²) in [6, 6.07) is 5.85. The van der Waals surface area contributed by atoms with E-state index in [1.54, 1.807) is 12.1 Å². The Bertz CT molecular complexity index is 460. The Morgan fingerprint density at radius 3 is 2.80 bits per heavy atom. The van der Waals surface area contributed by atoms with Crippen LogP contribution in [0.5, 0.6) is 0 Å². The van der Waals surface area contributed by atoms with Crippen LogP contribution in [0.15, 0.2) is 18.2 Å². The zero-order chi connectivity index (χ0) is 13.9. The van der Waals surface area contributed by atoms with E-state index in [-0.39, 0.29) is 5.82 Å². The number of piperidine rings is 1. The Morgan fingerprint density at radius 1 is 1.15 bits per heavy atom. The first-order valence-corrected chi connectivity index (χ1v) is 8.07. The number of halogens is 2. The molecule has 0 spiro atoms. The molecule has 110 valence electrons. The molecule has 1 aromatic carbocycles. The highest BCUT2D eigenvalue weighted by Crippen LogP contribution is 2.34. The van der Waals surface area contributed by atoms with Crippen LogP contribution in [0.4, 0.5) is 10.1 Å². The second-order valence-electron chi connectivity index (χ2n) is 6.03. The number of anilines is 1. The fraction of sp³-hybridized carbons (Fsp3) is 0.625. The minimum absolute atomic E-state index is 0.250. The van der Waals surface area contributed by atoms with E-state index in [4.69, 9.17) is 11.6 Å². The number of nitrogens with one attached hydrogen (secondary N) is 2. The van der Waals surface area contributed by atoms with Gasteiger partial charge in [-0.15, -0.1) is 0 Å². The maximum Gasteiger partial charge on any atom is 0.147 e. The molecule has 1 aliphatic heterocycles. The standard InChI is InChI=1S/C16H22ClFN2/c17-11-7-8-16(13(18)10-11)20-15-6-3-4-12(15)14-5-1-2-9-19-14/h7-8,10,12,14-15,19-20H,1-6,9H2. The minimum Gasteiger partial charge on any atom is -0.380 e. The van der Waals surface area contributed by atoms with Crippen molar-refractivity contribution in [3.8, 4) is 0 Å². The Hall–Kier alpha value is -0.800. The summed E-state index contributed by atoms with van der Waals surface area (Å²) >= 11 is 5.81. The van der Waals surface area contributed by atoms with Crippen LogP contribution < -0.4 is 10.6 Å². The number of benzene rings is 1. The molecular weight excluding hydrogens is 275 g/mol. The number of rotatable bonds is 3. The lowest BCUT2D eigenvalue weighted by atomic mass is 9.88. The Kier molecular flexibility index (Phi) is 4.47. The average molecular weight is 297 g/mol. The molecule has 3 unspecified atom stereocenters. The van der Waals surface area contributed by atoms with Crippen LogP contribution in [-0.4, -0.2) is 18.6 Å². The third-order valence-corrected chi connectivity index (χ3v) is 4.94. The first kappa shape index (κ1) is 14.2. The summed E-state index contributed by atoms with van der Waals surface area (Å²) in [4.78, 5) is 0. The molecule has 1 aromatic rings. The topological polar surface area (TPSA) is 24.1 Å². The summed E-state index contributed by atoms with van der Waals surface area (Å²) in [7, 11) is 0. The van der Waals surface area contributed by atoms with Crippen molar-refractivity contribution in [2.45, 2.75) is 50.6 Å². The van der Waals surface area contributed by atoms with Gasteiger partial charge in [-0.05, 0) is 56.3 Å². The van der Waals surface area contributed by atoms with Gasteiger partial charge in [-0.1, -0.05) is 24.4 Å². The molecule has 2 fully saturated rings. The molecule has 1 heterocycles. The van der Waals surface area contributed by atoms with E-state index in [2.05, 4.69) is 10.6 Å². The van der Waals surface area contributed by atoms with Crippen molar-refractivity contribution in [1.82, 2.24) is 5.32 Å². The second kappa shape index (κ2) is 6.31. The summed E-state index contributed by atoms with van der Waals surface area (Å²) in [6.07, 6.45) is 7.46. The molecule has 3 atom stereocenters. The summed E-state index contributed by atoms with van der Waals surface area (Å²) in [5, 5.41) is 7.50. The van der Waals surface area contributed by atoms with Crippen LogP contribution in [0.2, 0.25) is 5.02 Å². The second-order valence-corrected chi connectivity index (χ2v) is 6.46. The van der Waals surface area contributed by atoms with E-state index >= 15 is 0 Å². The Labute approximate surface area is 125 Å². The van der Waals surface area contributed by atoms with Crippen molar-refractivity contribution < 1.29 is 4.39 Å². The van der Waals surface area contributed by atoms with E-state index in [0.29, 0.717) is 28.7 Å². The van der Waals surface area contributed by atoms with Crippen LogP contribution in [-0.2, 0) is 0 Å². The van der Waals surface area contributed by atoms with Crippen LogP contribution in [0.3, 0.4) is 0 Å². The van der Waals surface area contributed by atoms with Gasteiger partial charge in [-0.2, -0.15) is 0 Å². The van der Waals surface area contributed by atoms with Gasteiger partial charge in [0.2, 0.25) is 0 Å². The van der Waals surface area contributed by atoms with Gasteiger partial charge >= 0.3 is 0 Å². The van der Waals surface area contributed by atoms with Crippen molar-refractivity contribution in [3.05, 3.63) is 29.0 Å². The van der Waals surface area contributed by atoms with Gasteiger partial charge < -0.3 is 10.6 Å². The summed E-state index contributed by atoms with van der Waals surface area (Å²) in [5.41, 5.74) is 0.585. The lowest BCUT2D eigenvalue weighted by Gasteiger charge is -2.33. The third kappa shape index (κ3) is 3.09. The number of hydrogen-bond acceptors (Lipinski definition) is 2. The normalized spacial score (nSPS) is 30.4. The molecule has 1 saturated carbocycles. The van der Waals surface area contributed by atoms with Crippen molar-refractivity contribution in [2.75, 3.05) is 11.9 Å². The van der Waals surface area contributed by atoms with Gasteiger partial charge in [0.15, 0.2) is 0 Å². The van der Waals surface area contributed by atoms with Gasteiger partial charge in [-0.25, -0.2) is 4.39 Å². The molecule has 1 aliphatic carbocycles. The molecule has 2 N–H and O–H groups in total. The molecular formula is C16H22ClFN2. The summed E-state index contributed by atoms with van der Waals surface area (Å²) in [6.45, 7) is 1.13. The largest absolute Gasteiger partial charge is 0.380 e. The third-order valence-electron chi connectivity index (χ3n) is 4.71. The molecule has 0 aromatic heterocycles. The predicted molar refractivity (Wildman–Crippen MR) is 81.8 cm³/mol. The molecule has 1 saturated heterocycles. The highest BCUT2D eigenvalue weighted by molar-refractivity contribution is 6.30. The van der Waals surface area contributed by atoms with E-state index < -0.39 is 0 Å². The lowest BCUT2D eigenvalue weighted by Crippen LogP contribution is -2.44. The molecule has 3 rings (SSSR count). The van der Waals surface area contributed by atoms with E-state index in [1.165, 1.54) is 38.2 Å². The molecule has 0 radical (unpaired) electrons. The smallest absolute Gasteiger partial charge is 0.147 e. The molecule has 0 amide bonds. The van der Waals surface area contributed by atoms with Crippen LogP contribution in [0, 0.1) is 11.7 Å². The van der Waals surface area contributed by atoms with Crippen molar-refractivity contribution >= 4 is 17.3 Å². The van der Waals surface area contributed by atoms with Gasteiger partial charge in [0.25, 0.3) is 0 Å². The van der Waals surface area contributed by atoms with Gasteiger partial charge in [0.05, 0.1) is 5.69 Å². The maximum absolute atomic E-state index is 13.9. The monoisotopic (exact) mass is 296 g/mol. The number of hydrogen-bond donors (Lipinski definition) is 2. The zero-order valence-corrected chi connectivity index (χ0v) is 12.4. The highest BCUT2D eigenvalue weighted by atomic mass is 35.5. The first-order chi connectivity index (χ1) is 9.74. The zero-order valence-electron chi connectivity index (χ0n) is 11.7. The summed E-state index contributed by atoms with van der Waals surface area (Å²) < 4.78 is 13.9. The fourth-order valence-corrected chi connectivity index (χ4v) is 3.86. The van der Waals surface area contributed by atoms with Crippen LogP contribution >= 0.6 is 11.6 Å². The van der Waals surface area contributed by atoms with E-state index in [0.717, 1.165) is 13.0 Å². The van der Waals surface area contributed by atoms with Gasteiger partial charge in [0, 0.05) is 17.1 Å². The SMILES string of the molecule is Fc1cc(Cl)ccc1NC1CCCC1C1CCCCN1. The lowest BCUT2D eigenvalue weighted by molar-refractivity contribution is 0.286. The van der Waals surface area contributed by atoms with Gasteiger partial charge in [0.1, 0.15) is 5.82 Å². The van der Waals surface area contributed by atoms with E-state index in [9.17, 15) is 4.39 Å². The molecule has 4 heteroatoms. The fourth-order valence-electron chi connectivity index (χ4n) is 3.70. The first-order valence-electron chi connectivity index (χ1n) is 7.69. The molecule has 2 aliphatic rings. The maximum atomic E-state index is 13.9. The Balaban J connectivity index is 1.68.